The number of thiophene rings is 1. The molecule has 2 aromatic rings. The number of aryl methyl sites for hydroxylation is 3. The highest BCUT2D eigenvalue weighted by atomic mass is 32.2. The summed E-state index contributed by atoms with van der Waals surface area (Å²) >= 11 is 4.00. The lowest BCUT2D eigenvalue weighted by molar-refractivity contribution is 0.735. The molecule has 0 spiro atoms. The van der Waals surface area contributed by atoms with Gasteiger partial charge in [-0.25, -0.2) is 0 Å². The maximum atomic E-state index is 6.49. The molecule has 1 atom stereocenters. The van der Waals surface area contributed by atoms with Crippen molar-refractivity contribution in [2.24, 2.45) is 5.73 Å². The zero-order chi connectivity index (χ0) is 14.2. The van der Waals surface area contributed by atoms with E-state index in [0.717, 1.165) is 6.42 Å². The fourth-order valence-corrected chi connectivity index (χ4v) is 5.84. The van der Waals surface area contributed by atoms with Gasteiger partial charge in [0, 0.05) is 21.5 Å². The Morgan fingerprint density at radius 2 is 1.95 bits per heavy atom. The summed E-state index contributed by atoms with van der Waals surface area (Å²) < 4.78 is 0. The predicted octanol–water partition coefficient (Wildman–Crippen LogP) is 4.27. The quantitative estimate of drug-likeness (QED) is 0.915. The number of hydrogen-bond donors (Lipinski definition) is 1. The van der Waals surface area contributed by atoms with E-state index in [4.69, 9.17) is 5.73 Å². The first kappa shape index (κ1) is 13.9. The maximum Gasteiger partial charge on any atom is 0.0430 e. The van der Waals surface area contributed by atoms with Gasteiger partial charge in [0.2, 0.25) is 0 Å². The molecule has 1 nitrogen and oxygen atoms in total. The van der Waals surface area contributed by atoms with Crippen LogP contribution in [0.25, 0.3) is 0 Å². The van der Waals surface area contributed by atoms with Crippen LogP contribution in [-0.2, 0) is 31.4 Å². The molecule has 2 aliphatic rings. The Hall–Kier alpha value is -0.770. The summed E-state index contributed by atoms with van der Waals surface area (Å²) in [5.41, 5.74) is 12.5. The van der Waals surface area contributed by atoms with Crippen molar-refractivity contribution in [2.75, 3.05) is 5.75 Å². The number of hydrogen-bond acceptors (Lipinski definition) is 3. The molecule has 0 amide bonds. The number of benzene rings is 1. The van der Waals surface area contributed by atoms with Crippen molar-refractivity contribution in [3.8, 4) is 0 Å². The van der Waals surface area contributed by atoms with Crippen molar-refractivity contribution in [1.29, 1.82) is 0 Å². The monoisotopic (exact) mass is 315 g/mol. The normalized spacial score (nSPS) is 18.3. The van der Waals surface area contributed by atoms with Crippen molar-refractivity contribution in [3.05, 3.63) is 56.3 Å². The molecule has 0 radical (unpaired) electrons. The van der Waals surface area contributed by atoms with Crippen molar-refractivity contribution < 1.29 is 0 Å². The molecule has 1 aliphatic carbocycles. The SMILES string of the molecule is NC(Cc1ccc2c(c1)CCC2)c1cc2c(s1)CCSC2. The maximum absolute atomic E-state index is 6.49. The van der Waals surface area contributed by atoms with Crippen LogP contribution in [0.15, 0.2) is 24.3 Å². The van der Waals surface area contributed by atoms with Crippen LogP contribution in [0.2, 0.25) is 0 Å². The molecule has 0 saturated carbocycles. The fourth-order valence-electron chi connectivity index (χ4n) is 3.46. The van der Waals surface area contributed by atoms with E-state index in [1.807, 2.05) is 23.1 Å². The largest absolute Gasteiger partial charge is 0.323 e. The minimum Gasteiger partial charge on any atom is -0.323 e. The number of fused-ring (bicyclic) bond motifs is 2. The van der Waals surface area contributed by atoms with Crippen LogP contribution in [0.1, 0.15) is 44.5 Å². The fraction of sp³-hybridized carbons (Fsp3) is 0.444. The molecule has 21 heavy (non-hydrogen) atoms. The molecule has 1 aromatic carbocycles. The second-order valence-corrected chi connectivity index (χ2v) is 8.44. The van der Waals surface area contributed by atoms with Crippen LogP contribution in [0.3, 0.4) is 0 Å². The van der Waals surface area contributed by atoms with Crippen LogP contribution in [0, 0.1) is 0 Å². The van der Waals surface area contributed by atoms with E-state index in [-0.39, 0.29) is 6.04 Å². The Kier molecular flexibility index (Phi) is 3.82. The van der Waals surface area contributed by atoms with Gasteiger partial charge in [0.1, 0.15) is 0 Å². The van der Waals surface area contributed by atoms with Gasteiger partial charge in [-0.3, -0.25) is 0 Å². The van der Waals surface area contributed by atoms with Gasteiger partial charge in [-0.1, -0.05) is 18.2 Å². The average molecular weight is 316 g/mol. The molecule has 4 rings (SSSR count). The number of thioether (sulfide) groups is 1. The topological polar surface area (TPSA) is 26.0 Å². The van der Waals surface area contributed by atoms with Gasteiger partial charge >= 0.3 is 0 Å². The zero-order valence-corrected chi connectivity index (χ0v) is 13.9. The Balaban J connectivity index is 1.52. The van der Waals surface area contributed by atoms with Gasteiger partial charge in [-0.2, -0.15) is 11.8 Å². The van der Waals surface area contributed by atoms with E-state index in [0.29, 0.717) is 0 Å². The summed E-state index contributed by atoms with van der Waals surface area (Å²) in [6.07, 6.45) is 6.04. The molecule has 0 saturated heterocycles. The first-order chi connectivity index (χ1) is 10.3. The third-order valence-corrected chi connectivity index (χ3v) is 7.01. The first-order valence-corrected chi connectivity index (χ1v) is 9.82. The minimum absolute atomic E-state index is 0.157. The minimum atomic E-state index is 0.157. The van der Waals surface area contributed by atoms with Gasteiger partial charge in [-0.05, 0) is 66.2 Å². The van der Waals surface area contributed by atoms with E-state index < -0.39 is 0 Å². The second kappa shape index (κ2) is 5.79. The standard InChI is InChI=1S/C18H21NS2/c19-16(18-10-15-11-20-7-6-17(15)21-18)9-12-4-5-13-2-1-3-14(13)8-12/h4-5,8,10,16H,1-3,6-7,9,11,19H2. The molecule has 1 aliphatic heterocycles. The summed E-state index contributed by atoms with van der Waals surface area (Å²) in [6.45, 7) is 0. The van der Waals surface area contributed by atoms with Crippen LogP contribution in [0.4, 0.5) is 0 Å². The zero-order valence-electron chi connectivity index (χ0n) is 12.2. The van der Waals surface area contributed by atoms with Crippen LogP contribution in [0.5, 0.6) is 0 Å². The molecular weight excluding hydrogens is 294 g/mol. The van der Waals surface area contributed by atoms with Crippen LogP contribution in [-0.4, -0.2) is 5.75 Å². The summed E-state index contributed by atoms with van der Waals surface area (Å²) in [5.74, 6) is 2.45. The van der Waals surface area contributed by atoms with Crippen molar-refractivity contribution in [1.82, 2.24) is 0 Å². The summed E-state index contributed by atoms with van der Waals surface area (Å²) in [7, 11) is 0. The van der Waals surface area contributed by atoms with E-state index >= 15 is 0 Å². The van der Waals surface area contributed by atoms with Gasteiger partial charge in [0.15, 0.2) is 0 Å². The van der Waals surface area contributed by atoms with E-state index in [9.17, 15) is 0 Å². The van der Waals surface area contributed by atoms with E-state index in [2.05, 4.69) is 24.3 Å². The Bertz CT molecular complexity index is 636. The molecular formula is C18H21NS2. The number of rotatable bonds is 3. The van der Waals surface area contributed by atoms with Crippen molar-refractivity contribution >= 4 is 23.1 Å². The molecule has 1 aromatic heterocycles. The molecule has 1 unspecified atom stereocenters. The second-order valence-electron chi connectivity index (χ2n) is 6.17. The van der Waals surface area contributed by atoms with Crippen LogP contribution < -0.4 is 5.73 Å². The lowest BCUT2D eigenvalue weighted by atomic mass is 10.0. The van der Waals surface area contributed by atoms with Crippen molar-refractivity contribution in [3.63, 3.8) is 0 Å². The van der Waals surface area contributed by atoms with Gasteiger partial charge in [0.25, 0.3) is 0 Å². The third-order valence-electron chi connectivity index (χ3n) is 4.63. The summed E-state index contributed by atoms with van der Waals surface area (Å²) in [5, 5.41) is 0. The van der Waals surface area contributed by atoms with Gasteiger partial charge < -0.3 is 5.73 Å². The van der Waals surface area contributed by atoms with Gasteiger partial charge in [-0.15, -0.1) is 11.3 Å². The third kappa shape index (κ3) is 2.79. The van der Waals surface area contributed by atoms with Crippen LogP contribution >= 0.6 is 23.1 Å². The Labute approximate surface area is 134 Å². The molecule has 2 N–H and O–H groups in total. The van der Waals surface area contributed by atoms with Crippen molar-refractivity contribution in [2.45, 2.75) is 43.9 Å². The highest BCUT2D eigenvalue weighted by Crippen LogP contribution is 2.35. The smallest absolute Gasteiger partial charge is 0.0430 e. The van der Waals surface area contributed by atoms with Gasteiger partial charge in [0.05, 0.1) is 0 Å². The highest BCUT2D eigenvalue weighted by Gasteiger charge is 2.18. The van der Waals surface area contributed by atoms with E-state index in [1.54, 1.807) is 16.0 Å². The summed E-state index contributed by atoms with van der Waals surface area (Å²) in [6, 6.07) is 9.52. The predicted molar refractivity (Wildman–Crippen MR) is 93.3 cm³/mol. The molecule has 2 heterocycles. The Morgan fingerprint density at radius 3 is 2.86 bits per heavy atom. The van der Waals surface area contributed by atoms with E-state index in [1.165, 1.54) is 53.2 Å². The molecule has 3 heteroatoms. The average Bonchev–Trinajstić information content (AvgIpc) is 3.13. The number of nitrogens with two attached hydrogens (primary N) is 1. The lowest BCUT2D eigenvalue weighted by Gasteiger charge is -2.11. The Morgan fingerprint density at radius 1 is 1.05 bits per heavy atom. The molecule has 0 bridgehead atoms. The molecule has 0 fully saturated rings. The lowest BCUT2D eigenvalue weighted by Crippen LogP contribution is -2.12. The summed E-state index contributed by atoms with van der Waals surface area (Å²) in [4.78, 5) is 2.95. The first-order valence-electron chi connectivity index (χ1n) is 7.85. The highest BCUT2D eigenvalue weighted by molar-refractivity contribution is 7.98. The molecule has 110 valence electrons.